The molecule has 0 atom stereocenters. The van der Waals surface area contributed by atoms with Crippen molar-refractivity contribution in [2.24, 2.45) is 0 Å². The topological polar surface area (TPSA) is 0 Å². The number of halogens is 3. The number of rotatable bonds is 0. The molecule has 0 aromatic carbocycles. The summed E-state index contributed by atoms with van der Waals surface area (Å²) in [7, 11) is -0.683. The molecule has 0 aromatic heterocycles. The number of hydrogen-bond donors (Lipinski definition) is 0. The van der Waals surface area contributed by atoms with Gasteiger partial charge >= 0.3 is 63.3 Å². The second-order valence-electron chi connectivity index (χ2n) is 0.192. The molecule has 0 amide bonds. The largest absolute Gasteiger partial charge is 0 e. The van der Waals surface area contributed by atoms with Gasteiger partial charge in [0.05, 0.1) is 0 Å². The van der Waals surface area contributed by atoms with Gasteiger partial charge in [-0.05, 0) is 0 Å². The molecule has 0 aliphatic rings. The summed E-state index contributed by atoms with van der Waals surface area (Å²) in [6.07, 6.45) is 0. The van der Waals surface area contributed by atoms with Crippen molar-refractivity contribution in [1.29, 1.82) is 0 Å². The Hall–Kier alpha value is 4.71. The molecule has 5 heteroatoms. The molecule has 0 aliphatic heterocycles. The van der Waals surface area contributed by atoms with E-state index in [2.05, 4.69) is 54.1 Å². The second-order valence-corrected chi connectivity index (χ2v) is 75.7. The van der Waals surface area contributed by atoms with Crippen LogP contribution < -0.4 is 0 Å². The average molecular weight is 629 g/mol. The van der Waals surface area contributed by atoms with E-state index in [9.17, 15) is 0 Å². The van der Waals surface area contributed by atoms with Crippen molar-refractivity contribution in [1.82, 2.24) is 0 Å². The van der Waals surface area contributed by atoms with Gasteiger partial charge in [0, 0.05) is 51.4 Å². The summed E-state index contributed by atoms with van der Waals surface area (Å²) in [5, 5.41) is 0. The quantitative estimate of drug-likeness (QED) is 0.284. The predicted octanol–water partition coefficient (Wildman–Crippen LogP) is 1.90. The smallest absolute Gasteiger partial charge is 0 e. The summed E-state index contributed by atoms with van der Waals surface area (Å²) < 4.78 is 0. The van der Waals surface area contributed by atoms with Gasteiger partial charge in [-0.15, -0.1) is 0 Å². The molecular formula is BiI3K. The maximum atomic E-state index is 2.52. The molecule has 0 saturated heterocycles. The SMILES string of the molecule is [I][Bi]([I])[I].[K]. The fourth-order valence-corrected chi connectivity index (χ4v) is 0. The summed E-state index contributed by atoms with van der Waals surface area (Å²) in [4.78, 5) is 0. The first-order valence-corrected chi connectivity index (χ1v) is 29.8. The molecule has 0 spiro atoms. The maximum Gasteiger partial charge on any atom is 0 e. The maximum absolute atomic E-state index is 2.52. The number of hydrogen-bond acceptors (Lipinski definition) is 0. The molecule has 0 nitrogen and oxygen atoms in total. The Morgan fingerprint density at radius 3 is 1.00 bits per heavy atom. The monoisotopic (exact) mass is 629 g/mol. The Morgan fingerprint density at radius 1 is 1.00 bits per heavy atom. The van der Waals surface area contributed by atoms with Crippen LogP contribution >= 0.6 is 54.1 Å². The van der Waals surface area contributed by atoms with Crippen LogP contribution in [0.4, 0.5) is 0 Å². The normalized spacial score (nSPS) is 7.20. The van der Waals surface area contributed by atoms with Crippen LogP contribution in [-0.4, -0.2) is 60.6 Å². The first-order valence-electron chi connectivity index (χ1n) is 0.507. The molecule has 0 aromatic rings. The zero-order valence-electron chi connectivity index (χ0n) is 2.58. The van der Waals surface area contributed by atoms with Crippen molar-refractivity contribution in [3.63, 3.8) is 0 Å². The first kappa shape index (κ1) is 12.4. The van der Waals surface area contributed by atoms with E-state index in [4.69, 9.17) is 0 Å². The average Bonchev–Trinajstić information content (AvgIpc) is 0.811. The Bertz CT molecular complexity index is 11.6. The van der Waals surface area contributed by atoms with Gasteiger partial charge in [-0.25, -0.2) is 0 Å². The minimum absolute atomic E-state index is 0. The van der Waals surface area contributed by atoms with Crippen LogP contribution in [0.25, 0.3) is 0 Å². The van der Waals surface area contributed by atoms with Crippen LogP contribution in [0.1, 0.15) is 0 Å². The minimum atomic E-state index is -0.683. The van der Waals surface area contributed by atoms with E-state index < -0.39 is 9.18 Å². The molecule has 0 bridgehead atoms. The molecule has 0 unspecified atom stereocenters. The van der Waals surface area contributed by atoms with Gasteiger partial charge in [0.15, 0.2) is 0 Å². The Labute approximate surface area is 110 Å². The van der Waals surface area contributed by atoms with Crippen LogP contribution in [0.15, 0.2) is 0 Å². The van der Waals surface area contributed by atoms with Crippen LogP contribution in [0.5, 0.6) is 0 Å². The van der Waals surface area contributed by atoms with Gasteiger partial charge < -0.3 is 0 Å². The first-order chi connectivity index (χ1) is 1.73. The zero-order valence-corrected chi connectivity index (χ0v) is 15.7. The van der Waals surface area contributed by atoms with Gasteiger partial charge in [0.2, 0.25) is 0 Å². The summed E-state index contributed by atoms with van der Waals surface area (Å²) >= 11 is 7.56. The van der Waals surface area contributed by atoms with E-state index in [0.717, 1.165) is 0 Å². The van der Waals surface area contributed by atoms with Gasteiger partial charge in [0.1, 0.15) is 0 Å². The molecule has 5 heavy (non-hydrogen) atoms. The molecule has 0 saturated carbocycles. The molecule has 0 N–H and O–H groups in total. The molecule has 0 rings (SSSR count). The third-order valence-electron chi connectivity index (χ3n) is 0. The Balaban J connectivity index is 0. The van der Waals surface area contributed by atoms with Crippen molar-refractivity contribution in [2.45, 2.75) is 0 Å². The predicted molar refractivity (Wildman–Crippen MR) is 53.6 cm³/mol. The molecule has 1 radical (unpaired) electrons. The summed E-state index contributed by atoms with van der Waals surface area (Å²) in [5.41, 5.74) is 0. The molecule has 0 fully saturated rings. The van der Waals surface area contributed by atoms with Crippen LogP contribution in [0.3, 0.4) is 0 Å². The van der Waals surface area contributed by atoms with Gasteiger partial charge in [-0.3, -0.25) is 0 Å². The van der Waals surface area contributed by atoms with E-state index in [1.54, 1.807) is 0 Å². The summed E-state index contributed by atoms with van der Waals surface area (Å²) in [6, 6.07) is 0. The minimum Gasteiger partial charge on any atom is 0 e. The molecule has 27 valence electrons. The summed E-state index contributed by atoms with van der Waals surface area (Å²) in [6.45, 7) is 0. The fraction of sp³-hybridized carbons (Fsp3) is 0. The van der Waals surface area contributed by atoms with E-state index in [1.807, 2.05) is 0 Å². The van der Waals surface area contributed by atoms with Crippen LogP contribution in [0.2, 0.25) is 0 Å². The van der Waals surface area contributed by atoms with E-state index in [1.165, 1.54) is 0 Å². The fourth-order valence-electron chi connectivity index (χ4n) is 0. The van der Waals surface area contributed by atoms with Gasteiger partial charge in [0.25, 0.3) is 0 Å². The second kappa shape index (κ2) is 8.71. The van der Waals surface area contributed by atoms with E-state index in [-0.39, 0.29) is 51.4 Å². The summed E-state index contributed by atoms with van der Waals surface area (Å²) in [5.74, 6) is 0. The van der Waals surface area contributed by atoms with Crippen molar-refractivity contribution in [2.75, 3.05) is 0 Å². The van der Waals surface area contributed by atoms with Crippen LogP contribution in [0, 0.1) is 0 Å². The molecule has 0 aliphatic carbocycles. The van der Waals surface area contributed by atoms with Crippen molar-refractivity contribution in [3.05, 3.63) is 0 Å². The van der Waals surface area contributed by atoms with Crippen molar-refractivity contribution >= 4 is 115 Å². The Kier molecular flexibility index (Phi) is 21.6. The third kappa shape index (κ3) is 17.7. The molecular weight excluding hydrogens is 629 g/mol. The third-order valence-corrected chi connectivity index (χ3v) is 0. The van der Waals surface area contributed by atoms with Gasteiger partial charge in [-0.2, -0.15) is 0 Å². The van der Waals surface area contributed by atoms with E-state index >= 15 is 0 Å². The Morgan fingerprint density at radius 2 is 1.00 bits per heavy atom. The van der Waals surface area contributed by atoms with Crippen molar-refractivity contribution < 1.29 is 0 Å². The van der Waals surface area contributed by atoms with Crippen molar-refractivity contribution in [3.8, 4) is 0 Å². The van der Waals surface area contributed by atoms with E-state index in [0.29, 0.717) is 0 Å². The molecule has 0 heterocycles. The van der Waals surface area contributed by atoms with Crippen LogP contribution in [-0.2, 0) is 0 Å². The zero-order chi connectivity index (χ0) is 3.58. The van der Waals surface area contributed by atoms with Gasteiger partial charge in [-0.1, -0.05) is 0 Å². The standard InChI is InChI=1S/Bi.3HI.K/h;3*1H;/q+3;;;;/p-3.